The van der Waals surface area contributed by atoms with Gasteiger partial charge in [-0.3, -0.25) is 9.59 Å². The second-order valence-electron chi connectivity index (χ2n) is 6.29. The second kappa shape index (κ2) is 9.83. The molecular weight excluding hydrogens is 422 g/mol. The molecule has 3 aromatic rings. The zero-order valence-electron chi connectivity index (χ0n) is 15.6. The van der Waals surface area contributed by atoms with Crippen LogP contribution in [0.4, 0.5) is 0 Å². The summed E-state index contributed by atoms with van der Waals surface area (Å²) in [5, 5.41) is 3.05. The van der Waals surface area contributed by atoms with E-state index in [1.165, 1.54) is 0 Å². The number of rotatable bonds is 5. The minimum atomic E-state index is -0.352. The summed E-state index contributed by atoms with van der Waals surface area (Å²) in [6.07, 6.45) is 1.64. The predicted octanol–water partition coefficient (Wildman–Crippen LogP) is 6.03. The summed E-state index contributed by atoms with van der Waals surface area (Å²) in [4.78, 5) is 27.1. The molecule has 6 heteroatoms. The molecule has 0 aliphatic carbocycles. The lowest BCUT2D eigenvalue weighted by Crippen LogP contribution is -2.26. The molecule has 0 atom stereocenters. The number of thiol groups is 1. The van der Waals surface area contributed by atoms with Gasteiger partial charge in [0, 0.05) is 20.4 Å². The van der Waals surface area contributed by atoms with Crippen molar-refractivity contribution in [3.63, 3.8) is 0 Å². The molecule has 0 bridgehead atoms. The quantitative estimate of drug-likeness (QED) is 0.290. The highest BCUT2D eigenvalue weighted by Gasteiger charge is 2.17. The molecule has 0 spiro atoms. The summed E-state index contributed by atoms with van der Waals surface area (Å²) >= 11 is 11.4. The minimum Gasteiger partial charge on any atom is -0.318 e. The van der Waals surface area contributed by atoms with E-state index in [2.05, 4.69) is 17.9 Å². The standard InChI is InChI=1S/C23H18ClNO2S2/c1-15-7-12-21(20(28)13-15)29-23(27)19(14-16-8-10-18(24)11-9-16)25-22(26)17-5-3-2-4-6-17/h2-14,28H,1H3,(H,25,26). The van der Waals surface area contributed by atoms with Gasteiger partial charge in [0.2, 0.25) is 5.12 Å². The largest absolute Gasteiger partial charge is 0.318 e. The van der Waals surface area contributed by atoms with Gasteiger partial charge in [-0.1, -0.05) is 48.0 Å². The van der Waals surface area contributed by atoms with Crippen LogP contribution in [0.15, 0.2) is 88.3 Å². The van der Waals surface area contributed by atoms with Crippen LogP contribution in [0.1, 0.15) is 21.5 Å². The van der Waals surface area contributed by atoms with Gasteiger partial charge in [0.25, 0.3) is 5.91 Å². The lowest BCUT2D eigenvalue weighted by Gasteiger charge is -2.11. The third-order valence-electron chi connectivity index (χ3n) is 4.00. The molecule has 146 valence electrons. The van der Waals surface area contributed by atoms with Gasteiger partial charge in [-0.05, 0) is 72.3 Å². The van der Waals surface area contributed by atoms with Gasteiger partial charge in [-0.25, -0.2) is 0 Å². The molecule has 3 aromatic carbocycles. The Morgan fingerprint density at radius 1 is 1.00 bits per heavy atom. The van der Waals surface area contributed by atoms with Crippen LogP contribution in [0.25, 0.3) is 6.08 Å². The number of hydrogen-bond acceptors (Lipinski definition) is 4. The molecular formula is C23H18ClNO2S2. The second-order valence-corrected chi connectivity index (χ2v) is 8.22. The van der Waals surface area contributed by atoms with Crippen LogP contribution >= 0.6 is 36.0 Å². The Morgan fingerprint density at radius 2 is 1.69 bits per heavy atom. The first-order valence-corrected chi connectivity index (χ1v) is 10.4. The van der Waals surface area contributed by atoms with Crippen molar-refractivity contribution >= 4 is 53.1 Å². The van der Waals surface area contributed by atoms with Crippen molar-refractivity contribution in [2.45, 2.75) is 16.7 Å². The van der Waals surface area contributed by atoms with E-state index in [0.717, 1.165) is 27.8 Å². The van der Waals surface area contributed by atoms with Gasteiger partial charge in [0.15, 0.2) is 0 Å². The lowest BCUT2D eigenvalue weighted by atomic mass is 10.2. The summed E-state index contributed by atoms with van der Waals surface area (Å²) in [5.41, 5.74) is 2.46. The van der Waals surface area contributed by atoms with Crippen molar-refractivity contribution < 1.29 is 9.59 Å². The van der Waals surface area contributed by atoms with E-state index >= 15 is 0 Å². The van der Waals surface area contributed by atoms with Gasteiger partial charge in [-0.15, -0.1) is 12.6 Å². The number of hydrogen-bond donors (Lipinski definition) is 2. The van der Waals surface area contributed by atoms with Crippen LogP contribution < -0.4 is 5.32 Å². The fourth-order valence-electron chi connectivity index (χ4n) is 2.52. The molecule has 3 nitrogen and oxygen atoms in total. The molecule has 0 saturated carbocycles. The van der Waals surface area contributed by atoms with Crippen molar-refractivity contribution in [3.05, 3.63) is 100 Å². The van der Waals surface area contributed by atoms with Crippen LogP contribution in [-0.2, 0) is 4.79 Å². The maximum Gasteiger partial charge on any atom is 0.255 e. The van der Waals surface area contributed by atoms with E-state index in [1.54, 1.807) is 54.6 Å². The molecule has 0 aliphatic rings. The number of halogens is 1. The number of carbonyl (C=O) groups excluding carboxylic acids is 2. The van der Waals surface area contributed by atoms with Crippen molar-refractivity contribution in [2.75, 3.05) is 0 Å². The first-order valence-electron chi connectivity index (χ1n) is 8.78. The average Bonchev–Trinajstić information content (AvgIpc) is 2.71. The van der Waals surface area contributed by atoms with Crippen molar-refractivity contribution in [1.82, 2.24) is 5.32 Å². The van der Waals surface area contributed by atoms with Crippen LogP contribution in [0, 0.1) is 6.92 Å². The maximum atomic E-state index is 13.0. The summed E-state index contributed by atoms with van der Waals surface area (Å²) in [6, 6.07) is 21.4. The molecule has 1 amide bonds. The smallest absolute Gasteiger partial charge is 0.255 e. The van der Waals surface area contributed by atoms with E-state index in [9.17, 15) is 9.59 Å². The van der Waals surface area contributed by atoms with Gasteiger partial charge < -0.3 is 5.32 Å². The van der Waals surface area contributed by atoms with Crippen LogP contribution in [0.3, 0.4) is 0 Å². The predicted molar refractivity (Wildman–Crippen MR) is 123 cm³/mol. The van der Waals surface area contributed by atoms with E-state index in [1.807, 2.05) is 31.2 Å². The normalized spacial score (nSPS) is 11.2. The van der Waals surface area contributed by atoms with Gasteiger partial charge >= 0.3 is 0 Å². The number of carbonyl (C=O) groups is 2. The number of nitrogens with one attached hydrogen (secondary N) is 1. The Balaban J connectivity index is 1.89. The molecule has 0 radical (unpaired) electrons. The molecule has 0 aromatic heterocycles. The number of aryl methyl sites for hydroxylation is 1. The van der Waals surface area contributed by atoms with Gasteiger partial charge in [0.05, 0.1) is 5.70 Å². The van der Waals surface area contributed by atoms with Crippen LogP contribution in [0.2, 0.25) is 5.02 Å². The summed E-state index contributed by atoms with van der Waals surface area (Å²) < 4.78 is 0. The molecule has 0 aliphatic heterocycles. The Morgan fingerprint density at radius 3 is 2.34 bits per heavy atom. The molecule has 3 rings (SSSR count). The highest BCUT2D eigenvalue weighted by Crippen LogP contribution is 2.29. The van der Waals surface area contributed by atoms with Crippen LogP contribution in [-0.4, -0.2) is 11.0 Å². The lowest BCUT2D eigenvalue weighted by molar-refractivity contribution is -0.108. The van der Waals surface area contributed by atoms with E-state index < -0.39 is 0 Å². The first-order chi connectivity index (χ1) is 13.9. The Kier molecular flexibility index (Phi) is 7.20. The summed E-state index contributed by atoms with van der Waals surface area (Å²) in [6.45, 7) is 1.96. The van der Waals surface area contributed by atoms with Crippen LogP contribution in [0.5, 0.6) is 0 Å². The molecule has 0 unspecified atom stereocenters. The number of benzene rings is 3. The van der Waals surface area contributed by atoms with E-state index in [4.69, 9.17) is 11.6 Å². The van der Waals surface area contributed by atoms with E-state index in [0.29, 0.717) is 15.5 Å². The zero-order valence-corrected chi connectivity index (χ0v) is 18.0. The van der Waals surface area contributed by atoms with Gasteiger partial charge in [0.1, 0.15) is 0 Å². The number of amides is 1. The molecule has 0 heterocycles. The highest BCUT2D eigenvalue weighted by atomic mass is 35.5. The fourth-order valence-corrected chi connectivity index (χ4v) is 3.78. The Labute approximate surface area is 184 Å². The third-order valence-corrected chi connectivity index (χ3v) is 5.76. The Hall–Kier alpha value is -2.47. The maximum absolute atomic E-state index is 13.0. The molecule has 0 fully saturated rings. The highest BCUT2D eigenvalue weighted by molar-refractivity contribution is 8.14. The fraction of sp³-hybridized carbons (Fsp3) is 0.0435. The minimum absolute atomic E-state index is 0.180. The monoisotopic (exact) mass is 439 g/mol. The van der Waals surface area contributed by atoms with Crippen molar-refractivity contribution in [3.8, 4) is 0 Å². The third kappa shape index (κ3) is 6.00. The SMILES string of the molecule is Cc1ccc(SC(=O)C(=Cc2ccc(Cl)cc2)NC(=O)c2ccccc2)c(S)c1. The summed E-state index contributed by atoms with van der Waals surface area (Å²) in [5.74, 6) is -0.352. The Bertz CT molecular complexity index is 1060. The zero-order chi connectivity index (χ0) is 20.8. The molecule has 29 heavy (non-hydrogen) atoms. The topological polar surface area (TPSA) is 46.2 Å². The molecule has 0 saturated heterocycles. The van der Waals surface area contributed by atoms with Crippen molar-refractivity contribution in [2.24, 2.45) is 0 Å². The van der Waals surface area contributed by atoms with Gasteiger partial charge in [-0.2, -0.15) is 0 Å². The van der Waals surface area contributed by atoms with Crippen molar-refractivity contribution in [1.29, 1.82) is 0 Å². The first kappa shape index (κ1) is 21.2. The summed E-state index contributed by atoms with van der Waals surface area (Å²) in [7, 11) is 0. The molecule has 1 N–H and O–H groups in total. The number of thioether (sulfide) groups is 1. The van der Waals surface area contributed by atoms with E-state index in [-0.39, 0.29) is 16.7 Å². The average molecular weight is 440 g/mol.